The summed E-state index contributed by atoms with van der Waals surface area (Å²) < 4.78 is 5.54. The van der Waals surface area contributed by atoms with Gasteiger partial charge in [-0.1, -0.05) is 20.8 Å². The first kappa shape index (κ1) is 13.3. The van der Waals surface area contributed by atoms with Crippen LogP contribution in [0.5, 0.6) is 11.5 Å². The summed E-state index contributed by atoms with van der Waals surface area (Å²) in [5, 5.41) is 10.4. The summed E-state index contributed by atoms with van der Waals surface area (Å²) in [6, 6.07) is 1.97. The molecule has 0 amide bonds. The Kier molecular flexibility index (Phi) is 3.56. The summed E-state index contributed by atoms with van der Waals surface area (Å²) in [6.07, 6.45) is 2.33. The Morgan fingerprint density at radius 1 is 1.28 bits per heavy atom. The minimum absolute atomic E-state index is 0.449. The first-order valence-corrected chi connectivity index (χ1v) is 6.87. The number of phenols is 1. The van der Waals surface area contributed by atoms with Crippen LogP contribution in [0.1, 0.15) is 62.1 Å². The second-order valence-electron chi connectivity index (χ2n) is 5.90. The zero-order chi connectivity index (χ0) is 13.4. The van der Waals surface area contributed by atoms with E-state index in [4.69, 9.17) is 4.74 Å². The summed E-state index contributed by atoms with van der Waals surface area (Å²) in [6.45, 7) is 8.65. The van der Waals surface area contributed by atoms with E-state index in [0.29, 0.717) is 23.5 Å². The van der Waals surface area contributed by atoms with Gasteiger partial charge >= 0.3 is 0 Å². The highest BCUT2D eigenvalue weighted by Gasteiger charge is 2.32. The molecule has 1 aliphatic carbocycles. The highest BCUT2D eigenvalue weighted by atomic mass is 16.5. The molecule has 100 valence electrons. The van der Waals surface area contributed by atoms with Crippen LogP contribution < -0.4 is 4.74 Å². The van der Waals surface area contributed by atoms with E-state index in [1.54, 1.807) is 7.11 Å². The van der Waals surface area contributed by atoms with Crippen LogP contribution in [0.3, 0.4) is 0 Å². The molecule has 2 atom stereocenters. The lowest BCUT2D eigenvalue weighted by atomic mass is 9.72. The zero-order valence-electron chi connectivity index (χ0n) is 12.1. The highest BCUT2D eigenvalue weighted by molar-refractivity contribution is 5.56. The number of aromatic hydroxyl groups is 1. The maximum atomic E-state index is 10.4. The van der Waals surface area contributed by atoms with E-state index >= 15 is 0 Å². The van der Waals surface area contributed by atoms with Gasteiger partial charge in [0.05, 0.1) is 7.11 Å². The van der Waals surface area contributed by atoms with Gasteiger partial charge in [0.15, 0.2) is 0 Å². The third-order valence-corrected chi connectivity index (χ3v) is 4.33. The van der Waals surface area contributed by atoms with E-state index < -0.39 is 0 Å². The topological polar surface area (TPSA) is 29.5 Å². The predicted molar refractivity (Wildman–Crippen MR) is 74.6 cm³/mol. The molecule has 0 spiro atoms. The molecule has 2 heteroatoms. The molecule has 2 nitrogen and oxygen atoms in total. The Morgan fingerprint density at radius 2 is 1.94 bits per heavy atom. The summed E-state index contributed by atoms with van der Waals surface area (Å²) in [7, 11) is 1.72. The minimum Gasteiger partial charge on any atom is -0.507 e. The van der Waals surface area contributed by atoms with Crippen molar-refractivity contribution in [2.45, 2.75) is 52.4 Å². The summed E-state index contributed by atoms with van der Waals surface area (Å²) in [5.41, 5.74) is 3.29. The average molecular weight is 248 g/mol. The normalized spacial score (nSPS) is 23.0. The van der Waals surface area contributed by atoms with Crippen molar-refractivity contribution in [3.63, 3.8) is 0 Å². The molecule has 2 rings (SSSR count). The molecule has 18 heavy (non-hydrogen) atoms. The van der Waals surface area contributed by atoms with Crippen molar-refractivity contribution >= 4 is 0 Å². The maximum absolute atomic E-state index is 10.4. The van der Waals surface area contributed by atoms with Crippen molar-refractivity contribution in [2.24, 2.45) is 5.92 Å². The Bertz CT molecular complexity index is 449. The lowest BCUT2D eigenvalue weighted by molar-refractivity contribution is 0.358. The molecule has 0 saturated carbocycles. The lowest BCUT2D eigenvalue weighted by Crippen LogP contribution is -2.18. The Labute approximate surface area is 110 Å². The van der Waals surface area contributed by atoms with Crippen LogP contribution in [0.4, 0.5) is 0 Å². The van der Waals surface area contributed by atoms with Gasteiger partial charge in [-0.15, -0.1) is 0 Å². The average Bonchev–Trinajstić information content (AvgIpc) is 2.33. The van der Waals surface area contributed by atoms with Crippen molar-refractivity contribution in [1.29, 1.82) is 0 Å². The van der Waals surface area contributed by atoms with Gasteiger partial charge in [0.25, 0.3) is 0 Å². The van der Waals surface area contributed by atoms with Gasteiger partial charge in [-0.05, 0) is 49.1 Å². The molecular formula is C16H24O2. The number of hydrogen-bond acceptors (Lipinski definition) is 2. The molecule has 1 N–H and O–H groups in total. The molecule has 1 aliphatic rings. The van der Waals surface area contributed by atoms with Gasteiger partial charge in [-0.2, -0.15) is 0 Å². The number of benzene rings is 1. The third-order valence-electron chi connectivity index (χ3n) is 4.33. The van der Waals surface area contributed by atoms with Crippen LogP contribution in [-0.4, -0.2) is 12.2 Å². The number of fused-ring (bicyclic) bond motifs is 1. The van der Waals surface area contributed by atoms with Crippen molar-refractivity contribution in [3.05, 3.63) is 22.8 Å². The maximum Gasteiger partial charge on any atom is 0.123 e. The monoisotopic (exact) mass is 248 g/mol. The second kappa shape index (κ2) is 4.83. The van der Waals surface area contributed by atoms with Crippen LogP contribution in [0.25, 0.3) is 0 Å². The molecular weight excluding hydrogens is 224 g/mol. The van der Waals surface area contributed by atoms with Crippen molar-refractivity contribution in [1.82, 2.24) is 0 Å². The van der Waals surface area contributed by atoms with Crippen LogP contribution in [0.15, 0.2) is 6.07 Å². The molecule has 0 fully saturated rings. The predicted octanol–water partition coefficient (Wildman–Crippen LogP) is 4.35. The quantitative estimate of drug-likeness (QED) is 0.843. The number of phenolic OH excluding ortho intramolecular Hbond substituents is 1. The van der Waals surface area contributed by atoms with Gasteiger partial charge < -0.3 is 9.84 Å². The fourth-order valence-electron chi connectivity index (χ4n) is 3.25. The molecule has 0 bridgehead atoms. The minimum atomic E-state index is 0.449. The van der Waals surface area contributed by atoms with Gasteiger partial charge in [0, 0.05) is 11.1 Å². The molecule has 1 aromatic rings. The van der Waals surface area contributed by atoms with E-state index in [-0.39, 0.29) is 0 Å². The number of hydrogen-bond donors (Lipinski definition) is 1. The SMILES string of the molecule is COc1cc(C)c(O)c2c1[C@@H](C)CC[C@H]2C(C)C. The molecule has 0 heterocycles. The van der Waals surface area contributed by atoms with E-state index in [1.165, 1.54) is 12.0 Å². The Morgan fingerprint density at radius 3 is 2.50 bits per heavy atom. The third kappa shape index (κ3) is 1.98. The van der Waals surface area contributed by atoms with E-state index in [1.807, 2.05) is 13.0 Å². The van der Waals surface area contributed by atoms with Crippen molar-refractivity contribution in [3.8, 4) is 11.5 Å². The van der Waals surface area contributed by atoms with Crippen LogP contribution in [0, 0.1) is 12.8 Å². The second-order valence-corrected chi connectivity index (χ2v) is 5.90. The molecule has 0 aromatic heterocycles. The number of aryl methyl sites for hydroxylation is 1. The lowest BCUT2D eigenvalue weighted by Gasteiger charge is -2.34. The smallest absolute Gasteiger partial charge is 0.123 e. The molecule has 0 unspecified atom stereocenters. The molecule has 0 radical (unpaired) electrons. The van der Waals surface area contributed by atoms with Crippen LogP contribution >= 0.6 is 0 Å². The molecule has 1 aromatic carbocycles. The fraction of sp³-hybridized carbons (Fsp3) is 0.625. The molecule has 0 aliphatic heterocycles. The highest BCUT2D eigenvalue weighted by Crippen LogP contribution is 2.50. The van der Waals surface area contributed by atoms with E-state index in [2.05, 4.69) is 20.8 Å². The number of rotatable bonds is 2. The number of ether oxygens (including phenoxy) is 1. The van der Waals surface area contributed by atoms with Gasteiger partial charge in [0.1, 0.15) is 11.5 Å². The Balaban J connectivity index is 2.69. The molecule has 0 saturated heterocycles. The van der Waals surface area contributed by atoms with Crippen molar-refractivity contribution in [2.75, 3.05) is 7.11 Å². The summed E-state index contributed by atoms with van der Waals surface area (Å²) in [4.78, 5) is 0. The fourth-order valence-corrected chi connectivity index (χ4v) is 3.25. The van der Waals surface area contributed by atoms with E-state index in [9.17, 15) is 5.11 Å². The summed E-state index contributed by atoms with van der Waals surface area (Å²) in [5.74, 6) is 2.89. The largest absolute Gasteiger partial charge is 0.507 e. The van der Waals surface area contributed by atoms with Crippen molar-refractivity contribution < 1.29 is 9.84 Å². The first-order chi connectivity index (χ1) is 8.47. The summed E-state index contributed by atoms with van der Waals surface area (Å²) >= 11 is 0. The Hall–Kier alpha value is -1.18. The van der Waals surface area contributed by atoms with Crippen LogP contribution in [-0.2, 0) is 0 Å². The number of methoxy groups -OCH3 is 1. The van der Waals surface area contributed by atoms with Crippen LogP contribution in [0.2, 0.25) is 0 Å². The van der Waals surface area contributed by atoms with Gasteiger partial charge in [-0.3, -0.25) is 0 Å². The zero-order valence-corrected chi connectivity index (χ0v) is 12.1. The standard InChI is InChI=1S/C16H24O2/c1-9(2)12-7-6-10(3)14-13(18-5)8-11(4)16(17)15(12)14/h8-10,12,17H,6-7H2,1-5H3/t10-,12-/m0/s1. The van der Waals surface area contributed by atoms with E-state index in [0.717, 1.165) is 23.3 Å². The van der Waals surface area contributed by atoms with Gasteiger partial charge in [-0.25, -0.2) is 0 Å². The van der Waals surface area contributed by atoms with Gasteiger partial charge in [0.2, 0.25) is 0 Å². The first-order valence-electron chi connectivity index (χ1n) is 6.87.